The number of ether oxygens (including phenoxy) is 2. The van der Waals surface area contributed by atoms with Crippen LogP contribution < -0.4 is 15.2 Å². The lowest BCUT2D eigenvalue weighted by atomic mass is 9.83. The van der Waals surface area contributed by atoms with Crippen molar-refractivity contribution in [1.82, 2.24) is 4.90 Å². The molecular formula is C21H31ClN2O3. The van der Waals surface area contributed by atoms with Crippen molar-refractivity contribution in [2.24, 2.45) is 23.5 Å². The molecule has 6 heteroatoms. The topological polar surface area (TPSA) is 64.8 Å². The number of halogens is 1. The van der Waals surface area contributed by atoms with Crippen LogP contribution in [0.15, 0.2) is 12.1 Å². The summed E-state index contributed by atoms with van der Waals surface area (Å²) in [5.41, 5.74) is 8.84. The summed E-state index contributed by atoms with van der Waals surface area (Å²) in [6.45, 7) is 6.59. The highest BCUT2D eigenvalue weighted by molar-refractivity contribution is 5.85. The van der Waals surface area contributed by atoms with Crippen molar-refractivity contribution in [3.05, 3.63) is 23.3 Å². The molecule has 2 saturated carbocycles. The summed E-state index contributed by atoms with van der Waals surface area (Å²) in [7, 11) is 0. The van der Waals surface area contributed by atoms with Crippen LogP contribution in [0.3, 0.4) is 0 Å². The van der Waals surface area contributed by atoms with Crippen LogP contribution in [0.1, 0.15) is 44.2 Å². The largest absolute Gasteiger partial charge is 0.490 e. The minimum Gasteiger partial charge on any atom is -0.490 e. The fraction of sp³-hybridized carbons (Fsp3) is 0.667. The van der Waals surface area contributed by atoms with Gasteiger partial charge in [-0.3, -0.25) is 4.79 Å². The van der Waals surface area contributed by atoms with E-state index in [1.807, 2.05) is 18.7 Å². The fourth-order valence-electron chi connectivity index (χ4n) is 5.20. The van der Waals surface area contributed by atoms with Gasteiger partial charge in [0, 0.05) is 19.1 Å². The van der Waals surface area contributed by atoms with Crippen molar-refractivity contribution in [2.45, 2.75) is 52.1 Å². The van der Waals surface area contributed by atoms with Gasteiger partial charge in [-0.15, -0.1) is 12.4 Å². The molecule has 2 aliphatic carbocycles. The second-order valence-corrected chi connectivity index (χ2v) is 7.88. The van der Waals surface area contributed by atoms with Crippen LogP contribution in [0.2, 0.25) is 0 Å². The zero-order valence-corrected chi connectivity index (χ0v) is 17.1. The van der Waals surface area contributed by atoms with Gasteiger partial charge in [0.05, 0.1) is 19.1 Å². The van der Waals surface area contributed by atoms with E-state index in [1.165, 1.54) is 24.0 Å². The normalized spacial score (nSPS) is 28.5. The van der Waals surface area contributed by atoms with Crippen LogP contribution in [0.4, 0.5) is 0 Å². The predicted octanol–water partition coefficient (Wildman–Crippen LogP) is 3.16. The smallest absolute Gasteiger partial charge is 0.227 e. The third-order valence-corrected chi connectivity index (χ3v) is 6.46. The van der Waals surface area contributed by atoms with E-state index in [1.54, 1.807) is 0 Å². The predicted molar refractivity (Wildman–Crippen MR) is 107 cm³/mol. The maximum Gasteiger partial charge on any atom is 0.227 e. The quantitative estimate of drug-likeness (QED) is 0.833. The van der Waals surface area contributed by atoms with E-state index in [0.29, 0.717) is 31.6 Å². The average Bonchev–Trinajstić information content (AvgIpc) is 3.23. The molecule has 2 fully saturated rings. The van der Waals surface area contributed by atoms with Gasteiger partial charge in [-0.05, 0) is 74.6 Å². The number of carbonyl (C=O) groups is 1. The van der Waals surface area contributed by atoms with Gasteiger partial charge >= 0.3 is 0 Å². The zero-order valence-electron chi connectivity index (χ0n) is 16.3. The number of rotatable bonds is 5. The standard InChI is InChI=1S/C21H30N2O3.ClH/c1-3-25-17-10-13-7-8-23(12-16(13)11-18(17)26-4-2)21(24)19-14-5-6-15(9-14)20(19)22;/h10-11,14-15,19-20H,3-9,12,22H2,1-2H3;1H. The number of carbonyl (C=O) groups excluding carboxylic acids is 1. The fourth-order valence-corrected chi connectivity index (χ4v) is 5.20. The number of amides is 1. The Labute approximate surface area is 168 Å². The van der Waals surface area contributed by atoms with Crippen molar-refractivity contribution in [3.63, 3.8) is 0 Å². The van der Waals surface area contributed by atoms with Crippen LogP contribution in [0, 0.1) is 17.8 Å². The van der Waals surface area contributed by atoms with Gasteiger partial charge in [0.1, 0.15) is 0 Å². The Bertz CT molecular complexity index is 694. The Kier molecular flexibility index (Phi) is 6.21. The summed E-state index contributed by atoms with van der Waals surface area (Å²) in [6, 6.07) is 4.21. The van der Waals surface area contributed by atoms with Crippen LogP contribution in [-0.2, 0) is 17.8 Å². The molecule has 0 radical (unpaired) electrons. The van der Waals surface area contributed by atoms with Gasteiger partial charge in [-0.2, -0.15) is 0 Å². The van der Waals surface area contributed by atoms with E-state index in [0.717, 1.165) is 30.9 Å². The lowest BCUT2D eigenvalue weighted by Gasteiger charge is -2.35. The highest BCUT2D eigenvalue weighted by atomic mass is 35.5. The van der Waals surface area contributed by atoms with E-state index < -0.39 is 0 Å². The molecular weight excluding hydrogens is 364 g/mol. The summed E-state index contributed by atoms with van der Waals surface area (Å²) in [5.74, 6) is 2.95. The minimum absolute atomic E-state index is 0. The lowest BCUT2D eigenvalue weighted by molar-refractivity contribution is -0.138. The average molecular weight is 395 g/mol. The Hall–Kier alpha value is -1.46. The third kappa shape index (κ3) is 3.64. The van der Waals surface area contributed by atoms with Crippen LogP contribution in [-0.4, -0.2) is 36.6 Å². The summed E-state index contributed by atoms with van der Waals surface area (Å²) in [6.07, 6.45) is 4.39. The molecule has 0 spiro atoms. The Morgan fingerprint density at radius 1 is 1.11 bits per heavy atom. The summed E-state index contributed by atoms with van der Waals surface area (Å²) in [5, 5.41) is 0. The van der Waals surface area contributed by atoms with Crippen LogP contribution in [0.25, 0.3) is 0 Å². The van der Waals surface area contributed by atoms with Gasteiger partial charge in [0.2, 0.25) is 5.91 Å². The number of benzene rings is 1. The monoisotopic (exact) mass is 394 g/mol. The highest BCUT2D eigenvalue weighted by Gasteiger charge is 2.50. The molecule has 0 aromatic heterocycles. The molecule has 1 amide bonds. The van der Waals surface area contributed by atoms with E-state index in [-0.39, 0.29) is 30.3 Å². The first-order valence-electron chi connectivity index (χ1n) is 10.1. The van der Waals surface area contributed by atoms with Crippen LogP contribution >= 0.6 is 12.4 Å². The first kappa shape index (κ1) is 20.3. The van der Waals surface area contributed by atoms with Gasteiger partial charge in [0.25, 0.3) is 0 Å². The van der Waals surface area contributed by atoms with E-state index >= 15 is 0 Å². The maximum atomic E-state index is 13.2. The number of hydrogen-bond donors (Lipinski definition) is 1. The lowest BCUT2D eigenvalue weighted by Crippen LogP contribution is -2.48. The molecule has 27 heavy (non-hydrogen) atoms. The number of nitrogens with two attached hydrogens (primary N) is 1. The number of hydrogen-bond acceptors (Lipinski definition) is 4. The molecule has 4 unspecified atom stereocenters. The molecule has 4 atom stereocenters. The summed E-state index contributed by atoms with van der Waals surface area (Å²) >= 11 is 0. The van der Waals surface area contributed by atoms with Crippen molar-refractivity contribution in [1.29, 1.82) is 0 Å². The molecule has 2 bridgehead atoms. The molecule has 5 nitrogen and oxygen atoms in total. The van der Waals surface area contributed by atoms with Gasteiger partial charge in [0.15, 0.2) is 11.5 Å². The van der Waals surface area contributed by atoms with Crippen molar-refractivity contribution >= 4 is 18.3 Å². The Morgan fingerprint density at radius 2 is 1.74 bits per heavy atom. The SMILES string of the molecule is CCOc1cc2c(cc1OCC)CN(C(=O)C1C3CCC(C3)C1N)CC2.Cl. The molecule has 3 aliphatic rings. The molecule has 1 aromatic carbocycles. The second kappa shape index (κ2) is 8.27. The summed E-state index contributed by atoms with van der Waals surface area (Å²) in [4.78, 5) is 15.2. The highest BCUT2D eigenvalue weighted by Crippen LogP contribution is 2.48. The van der Waals surface area contributed by atoms with Crippen molar-refractivity contribution < 1.29 is 14.3 Å². The minimum atomic E-state index is 0. The first-order valence-corrected chi connectivity index (χ1v) is 10.1. The molecule has 1 aromatic rings. The van der Waals surface area contributed by atoms with Crippen molar-refractivity contribution in [2.75, 3.05) is 19.8 Å². The Balaban J connectivity index is 0.00000210. The van der Waals surface area contributed by atoms with Gasteiger partial charge in [-0.1, -0.05) is 0 Å². The number of nitrogens with zero attached hydrogens (tertiary/aromatic N) is 1. The van der Waals surface area contributed by atoms with E-state index in [9.17, 15) is 4.79 Å². The Morgan fingerprint density at radius 3 is 2.33 bits per heavy atom. The van der Waals surface area contributed by atoms with E-state index in [2.05, 4.69) is 12.1 Å². The molecule has 150 valence electrons. The van der Waals surface area contributed by atoms with Crippen LogP contribution in [0.5, 0.6) is 11.5 Å². The molecule has 4 rings (SSSR count). The van der Waals surface area contributed by atoms with Gasteiger partial charge in [-0.25, -0.2) is 0 Å². The van der Waals surface area contributed by atoms with Gasteiger partial charge < -0.3 is 20.1 Å². The molecule has 0 saturated heterocycles. The zero-order chi connectivity index (χ0) is 18.3. The molecule has 1 heterocycles. The molecule has 2 N–H and O–H groups in total. The van der Waals surface area contributed by atoms with Crippen molar-refractivity contribution in [3.8, 4) is 11.5 Å². The first-order chi connectivity index (χ1) is 12.6. The van der Waals surface area contributed by atoms with E-state index in [4.69, 9.17) is 15.2 Å². The third-order valence-electron chi connectivity index (χ3n) is 6.46. The number of fused-ring (bicyclic) bond motifs is 3. The maximum absolute atomic E-state index is 13.2. The molecule has 1 aliphatic heterocycles. The second-order valence-electron chi connectivity index (χ2n) is 7.88. The summed E-state index contributed by atoms with van der Waals surface area (Å²) < 4.78 is 11.5.